The number of ether oxygens (including phenoxy) is 2. The van der Waals surface area contributed by atoms with E-state index in [2.05, 4.69) is 9.97 Å². The molecule has 0 unspecified atom stereocenters. The first-order valence-electron chi connectivity index (χ1n) is 9.53. The van der Waals surface area contributed by atoms with Gasteiger partial charge in [0, 0.05) is 18.4 Å². The van der Waals surface area contributed by atoms with Crippen molar-refractivity contribution in [3.05, 3.63) is 36.0 Å². The first-order chi connectivity index (χ1) is 13.4. The van der Waals surface area contributed by atoms with Gasteiger partial charge in [0.1, 0.15) is 17.4 Å². The van der Waals surface area contributed by atoms with E-state index in [4.69, 9.17) is 9.47 Å². The zero-order valence-electron chi connectivity index (χ0n) is 16.0. The van der Waals surface area contributed by atoms with Crippen molar-refractivity contribution in [3.8, 4) is 11.6 Å². The van der Waals surface area contributed by atoms with E-state index in [1.54, 1.807) is 4.90 Å². The molecule has 1 saturated carbocycles. The van der Waals surface area contributed by atoms with E-state index in [-0.39, 0.29) is 12.1 Å². The molecule has 0 atom stereocenters. The third kappa shape index (κ3) is 4.66. The van der Waals surface area contributed by atoms with Crippen molar-refractivity contribution in [1.82, 2.24) is 9.97 Å². The van der Waals surface area contributed by atoms with E-state index in [9.17, 15) is 13.2 Å². The van der Waals surface area contributed by atoms with Crippen LogP contribution in [0.25, 0.3) is 0 Å². The van der Waals surface area contributed by atoms with Gasteiger partial charge in [-0.2, -0.15) is 18.2 Å². The molecule has 2 aromatic rings. The summed E-state index contributed by atoms with van der Waals surface area (Å²) in [7, 11) is 0. The fourth-order valence-corrected chi connectivity index (χ4v) is 3.26. The van der Waals surface area contributed by atoms with Gasteiger partial charge in [0.25, 0.3) is 0 Å². The molecule has 1 aromatic carbocycles. The van der Waals surface area contributed by atoms with Crippen LogP contribution in [0, 0.1) is 0 Å². The third-order valence-corrected chi connectivity index (χ3v) is 4.64. The second kappa shape index (κ2) is 8.67. The average molecular weight is 395 g/mol. The Morgan fingerprint density at radius 1 is 1.11 bits per heavy atom. The topological polar surface area (TPSA) is 47.5 Å². The quantitative estimate of drug-likeness (QED) is 0.630. The fraction of sp³-hybridized carbons (Fsp3) is 0.500. The lowest BCUT2D eigenvalue weighted by Gasteiger charge is -2.23. The van der Waals surface area contributed by atoms with Gasteiger partial charge in [-0.1, -0.05) is 0 Å². The van der Waals surface area contributed by atoms with Gasteiger partial charge in [-0.15, -0.1) is 0 Å². The number of rotatable bonds is 7. The molecule has 0 N–H and O–H groups in total. The molecule has 1 aromatic heterocycles. The van der Waals surface area contributed by atoms with Crippen LogP contribution in [-0.2, 0) is 6.18 Å². The molecule has 0 radical (unpaired) electrons. The summed E-state index contributed by atoms with van der Waals surface area (Å²) in [6.45, 7) is 4.83. The van der Waals surface area contributed by atoms with Gasteiger partial charge in [0.2, 0.25) is 11.8 Å². The Labute approximate surface area is 162 Å². The van der Waals surface area contributed by atoms with Crippen LogP contribution in [0.2, 0.25) is 0 Å². The van der Waals surface area contributed by atoms with E-state index in [1.165, 1.54) is 0 Å². The maximum absolute atomic E-state index is 13.4. The normalized spacial score (nSPS) is 14.9. The van der Waals surface area contributed by atoms with Crippen molar-refractivity contribution < 1.29 is 22.6 Å². The van der Waals surface area contributed by atoms with Gasteiger partial charge in [0.05, 0.1) is 6.61 Å². The summed E-state index contributed by atoms with van der Waals surface area (Å²) in [5.41, 5.74) is -0.177. The van der Waals surface area contributed by atoms with Gasteiger partial charge in [-0.25, -0.2) is 4.98 Å². The second-order valence-corrected chi connectivity index (χ2v) is 6.58. The molecular formula is C20H24F3N3O2. The van der Waals surface area contributed by atoms with Crippen LogP contribution in [0.5, 0.6) is 11.6 Å². The zero-order valence-corrected chi connectivity index (χ0v) is 16.0. The molecule has 152 valence electrons. The molecular weight excluding hydrogens is 371 g/mol. The van der Waals surface area contributed by atoms with Gasteiger partial charge < -0.3 is 14.4 Å². The van der Waals surface area contributed by atoms with Gasteiger partial charge >= 0.3 is 6.18 Å². The van der Waals surface area contributed by atoms with Gasteiger partial charge in [-0.3, -0.25) is 0 Å². The van der Waals surface area contributed by atoms with Crippen LogP contribution >= 0.6 is 0 Å². The molecule has 0 saturated heterocycles. The Kier molecular flexibility index (Phi) is 6.26. The molecule has 0 spiro atoms. The minimum atomic E-state index is -4.57. The van der Waals surface area contributed by atoms with Crippen molar-refractivity contribution in [3.63, 3.8) is 0 Å². The molecule has 0 aliphatic heterocycles. The molecule has 28 heavy (non-hydrogen) atoms. The summed E-state index contributed by atoms with van der Waals surface area (Å²) in [5.74, 6) is 0.502. The number of hydrogen-bond acceptors (Lipinski definition) is 5. The van der Waals surface area contributed by atoms with Crippen LogP contribution in [0.3, 0.4) is 0 Å². The van der Waals surface area contributed by atoms with Gasteiger partial charge in [-0.05, 0) is 63.8 Å². The SMILES string of the molecule is CCOc1ccc(N(CC)c2ncc(C(F)(F)F)c(OC3CCCC3)n2)cc1. The Hall–Kier alpha value is -2.51. The summed E-state index contributed by atoms with van der Waals surface area (Å²) in [5, 5.41) is 0. The summed E-state index contributed by atoms with van der Waals surface area (Å²) in [6.07, 6.45) is -0.592. The minimum Gasteiger partial charge on any atom is -0.494 e. The first kappa shape index (κ1) is 20.2. The third-order valence-electron chi connectivity index (χ3n) is 4.64. The van der Waals surface area contributed by atoms with Crippen molar-refractivity contribution in [2.75, 3.05) is 18.1 Å². The predicted octanol–water partition coefficient (Wildman–Crippen LogP) is 5.37. The lowest BCUT2D eigenvalue weighted by molar-refractivity contribution is -0.139. The lowest BCUT2D eigenvalue weighted by atomic mass is 10.2. The summed E-state index contributed by atoms with van der Waals surface area (Å²) >= 11 is 0. The maximum atomic E-state index is 13.4. The number of alkyl halides is 3. The Morgan fingerprint density at radius 3 is 2.36 bits per heavy atom. The molecule has 3 rings (SSSR count). The highest BCUT2D eigenvalue weighted by molar-refractivity contribution is 5.58. The highest BCUT2D eigenvalue weighted by Crippen LogP contribution is 2.38. The Morgan fingerprint density at radius 2 is 1.79 bits per heavy atom. The monoisotopic (exact) mass is 395 g/mol. The molecule has 1 aliphatic rings. The molecule has 1 aliphatic carbocycles. The number of anilines is 2. The molecule has 1 heterocycles. The minimum absolute atomic E-state index is 0.174. The maximum Gasteiger partial charge on any atom is 0.423 e. The highest BCUT2D eigenvalue weighted by Gasteiger charge is 2.37. The van der Waals surface area contributed by atoms with Gasteiger partial charge in [0.15, 0.2) is 0 Å². The molecule has 0 amide bonds. The summed E-state index contributed by atoms with van der Waals surface area (Å²) < 4.78 is 51.2. The van der Waals surface area contributed by atoms with E-state index in [0.29, 0.717) is 13.2 Å². The average Bonchev–Trinajstić information content (AvgIpc) is 3.16. The fourth-order valence-electron chi connectivity index (χ4n) is 3.26. The number of halogens is 3. The van der Waals surface area contributed by atoms with E-state index < -0.39 is 17.6 Å². The molecule has 0 bridgehead atoms. The van der Waals surface area contributed by atoms with E-state index in [1.807, 2.05) is 38.1 Å². The zero-order chi connectivity index (χ0) is 20.1. The standard InChI is InChI=1S/C20H24F3N3O2/c1-3-26(14-9-11-15(12-10-14)27-4-2)19-24-13-17(20(21,22)23)18(25-19)28-16-7-5-6-8-16/h9-13,16H,3-8H2,1-2H3. The van der Waals surface area contributed by atoms with Crippen LogP contribution in [0.15, 0.2) is 30.5 Å². The largest absolute Gasteiger partial charge is 0.494 e. The van der Waals surface area contributed by atoms with E-state index in [0.717, 1.165) is 43.3 Å². The first-order valence-corrected chi connectivity index (χ1v) is 9.53. The second-order valence-electron chi connectivity index (χ2n) is 6.58. The molecule has 8 heteroatoms. The number of aromatic nitrogens is 2. The number of nitrogens with zero attached hydrogens (tertiary/aromatic N) is 3. The summed E-state index contributed by atoms with van der Waals surface area (Å²) in [4.78, 5) is 9.85. The van der Waals surface area contributed by atoms with Crippen molar-refractivity contribution in [1.29, 1.82) is 0 Å². The predicted molar refractivity (Wildman–Crippen MR) is 100 cm³/mol. The summed E-state index contributed by atoms with van der Waals surface area (Å²) in [6, 6.07) is 7.27. The van der Waals surface area contributed by atoms with E-state index >= 15 is 0 Å². The van der Waals surface area contributed by atoms with Crippen LogP contribution in [0.4, 0.5) is 24.8 Å². The van der Waals surface area contributed by atoms with Crippen molar-refractivity contribution in [2.45, 2.75) is 51.8 Å². The molecule has 1 fully saturated rings. The van der Waals surface area contributed by atoms with Crippen LogP contribution in [-0.4, -0.2) is 29.2 Å². The smallest absolute Gasteiger partial charge is 0.423 e. The lowest BCUT2D eigenvalue weighted by Crippen LogP contribution is -2.22. The van der Waals surface area contributed by atoms with Crippen LogP contribution < -0.4 is 14.4 Å². The van der Waals surface area contributed by atoms with Crippen molar-refractivity contribution >= 4 is 11.6 Å². The number of hydrogen-bond donors (Lipinski definition) is 0. The molecule has 5 nitrogen and oxygen atoms in total. The van der Waals surface area contributed by atoms with Crippen LogP contribution in [0.1, 0.15) is 45.1 Å². The highest BCUT2D eigenvalue weighted by atomic mass is 19.4. The van der Waals surface area contributed by atoms with Crippen molar-refractivity contribution in [2.24, 2.45) is 0 Å². The Balaban J connectivity index is 1.92. The Bertz CT molecular complexity index is 775. The number of benzene rings is 1.